The van der Waals surface area contributed by atoms with Crippen molar-refractivity contribution in [3.63, 3.8) is 0 Å². The molecule has 0 saturated carbocycles. The number of hydrogen-bond acceptors (Lipinski definition) is 5. The van der Waals surface area contributed by atoms with Gasteiger partial charge in [0.25, 0.3) is 5.91 Å². The van der Waals surface area contributed by atoms with Crippen LogP contribution in [-0.4, -0.2) is 37.9 Å². The lowest BCUT2D eigenvalue weighted by Gasteiger charge is -2.13. The molecule has 1 aromatic carbocycles. The van der Waals surface area contributed by atoms with Gasteiger partial charge in [-0.05, 0) is 30.2 Å². The number of halogens is 2. The zero-order valence-electron chi connectivity index (χ0n) is 11.6. The third kappa shape index (κ3) is 4.38. The second-order valence-corrected chi connectivity index (χ2v) is 7.15. The second-order valence-electron chi connectivity index (χ2n) is 4.66. The Hall–Kier alpha value is -1.28. The van der Waals surface area contributed by atoms with E-state index in [0.717, 1.165) is 11.8 Å². The topological polar surface area (TPSA) is 77.8 Å². The number of phenolic OH excluding ortho intramolecular Hbond substituents is 1. The van der Waals surface area contributed by atoms with Crippen LogP contribution in [0.1, 0.15) is 18.4 Å². The molecule has 1 saturated heterocycles. The second kappa shape index (κ2) is 7.53. The normalized spacial score (nSPS) is 16.4. The van der Waals surface area contributed by atoms with Gasteiger partial charge in [-0.1, -0.05) is 47.2 Å². The number of aromatic hydroxyl groups is 1. The minimum atomic E-state index is -0.917. The Bertz CT molecular complexity index is 698. The number of hydrogen-bond donors (Lipinski definition) is 2. The highest BCUT2D eigenvalue weighted by molar-refractivity contribution is 8.26. The summed E-state index contributed by atoms with van der Waals surface area (Å²) in [6, 6.07) is 2.97. The zero-order chi connectivity index (χ0) is 17.1. The number of carbonyl (C=O) groups excluding carboxylic acids is 1. The van der Waals surface area contributed by atoms with E-state index in [-0.39, 0.29) is 34.7 Å². The average molecular weight is 392 g/mol. The number of carboxylic acid groups (broad SMARTS) is 1. The number of amides is 1. The smallest absolute Gasteiger partial charge is 0.303 e. The minimum Gasteiger partial charge on any atom is -0.505 e. The maximum Gasteiger partial charge on any atom is 0.303 e. The summed E-state index contributed by atoms with van der Waals surface area (Å²) >= 11 is 18.0. The van der Waals surface area contributed by atoms with Gasteiger partial charge in [0, 0.05) is 13.0 Å². The predicted octanol–water partition coefficient (Wildman–Crippen LogP) is 3.77. The van der Waals surface area contributed by atoms with Crippen molar-refractivity contribution < 1.29 is 19.8 Å². The van der Waals surface area contributed by atoms with Crippen molar-refractivity contribution in [1.29, 1.82) is 0 Å². The first-order chi connectivity index (χ1) is 10.8. The summed E-state index contributed by atoms with van der Waals surface area (Å²) in [7, 11) is 0. The molecule has 0 radical (unpaired) electrons. The lowest BCUT2D eigenvalue weighted by molar-refractivity contribution is -0.137. The van der Waals surface area contributed by atoms with Gasteiger partial charge in [0.15, 0.2) is 5.75 Å². The predicted molar refractivity (Wildman–Crippen MR) is 94.9 cm³/mol. The molecule has 2 N–H and O–H groups in total. The van der Waals surface area contributed by atoms with Crippen LogP contribution in [0.5, 0.6) is 5.75 Å². The largest absolute Gasteiger partial charge is 0.505 e. The Balaban J connectivity index is 2.17. The van der Waals surface area contributed by atoms with Gasteiger partial charge in [-0.15, -0.1) is 0 Å². The summed E-state index contributed by atoms with van der Waals surface area (Å²) in [6.07, 6.45) is 1.87. The van der Waals surface area contributed by atoms with Crippen LogP contribution >= 0.6 is 47.2 Å². The van der Waals surface area contributed by atoms with Gasteiger partial charge in [0.1, 0.15) is 4.32 Å². The molecule has 122 valence electrons. The van der Waals surface area contributed by atoms with Crippen LogP contribution in [0.3, 0.4) is 0 Å². The van der Waals surface area contributed by atoms with E-state index < -0.39 is 5.97 Å². The van der Waals surface area contributed by atoms with Crippen LogP contribution in [0.15, 0.2) is 17.0 Å². The van der Waals surface area contributed by atoms with E-state index in [1.54, 1.807) is 6.08 Å². The first kappa shape index (κ1) is 18.1. The molecular formula is C14H11Cl2NO4S2. The van der Waals surface area contributed by atoms with Crippen LogP contribution in [-0.2, 0) is 9.59 Å². The highest BCUT2D eigenvalue weighted by atomic mass is 35.5. The monoisotopic (exact) mass is 391 g/mol. The quantitative estimate of drug-likeness (QED) is 0.587. The van der Waals surface area contributed by atoms with Crippen LogP contribution in [0.4, 0.5) is 0 Å². The van der Waals surface area contributed by atoms with Crippen molar-refractivity contribution in [3.05, 3.63) is 32.6 Å². The van der Waals surface area contributed by atoms with E-state index in [2.05, 4.69) is 0 Å². The molecule has 0 aromatic heterocycles. The molecule has 23 heavy (non-hydrogen) atoms. The molecule has 0 spiro atoms. The van der Waals surface area contributed by atoms with Gasteiger partial charge in [0.05, 0.1) is 15.0 Å². The maximum atomic E-state index is 12.3. The number of nitrogens with zero attached hydrogens (tertiary/aromatic N) is 1. The van der Waals surface area contributed by atoms with Gasteiger partial charge < -0.3 is 10.2 Å². The van der Waals surface area contributed by atoms with Crippen molar-refractivity contribution in [2.45, 2.75) is 12.8 Å². The molecule has 1 aromatic rings. The SMILES string of the molecule is O=C(O)CCCN1C(=O)C(=Cc2cc(Cl)c(O)c(Cl)c2)SC1=S. The van der Waals surface area contributed by atoms with Crippen LogP contribution in [0, 0.1) is 0 Å². The van der Waals surface area contributed by atoms with Gasteiger partial charge in [-0.3, -0.25) is 14.5 Å². The Morgan fingerprint density at radius 2 is 1.96 bits per heavy atom. The first-order valence-electron chi connectivity index (χ1n) is 6.44. The molecule has 1 amide bonds. The molecule has 0 unspecified atom stereocenters. The molecule has 0 atom stereocenters. The minimum absolute atomic E-state index is 0.0285. The number of benzene rings is 1. The Labute approximate surface area is 151 Å². The van der Waals surface area contributed by atoms with E-state index >= 15 is 0 Å². The molecule has 1 aliphatic rings. The molecule has 1 fully saturated rings. The van der Waals surface area contributed by atoms with E-state index in [9.17, 15) is 14.7 Å². The first-order valence-corrected chi connectivity index (χ1v) is 8.43. The summed E-state index contributed by atoms with van der Waals surface area (Å²) in [5.41, 5.74) is 0.559. The Morgan fingerprint density at radius 3 is 2.52 bits per heavy atom. The van der Waals surface area contributed by atoms with E-state index in [1.807, 2.05) is 0 Å². The Kier molecular flexibility index (Phi) is 5.91. The summed E-state index contributed by atoms with van der Waals surface area (Å²) in [5, 5.41) is 18.3. The van der Waals surface area contributed by atoms with Crippen molar-refractivity contribution in [1.82, 2.24) is 4.90 Å². The third-order valence-electron chi connectivity index (χ3n) is 2.98. The fourth-order valence-electron chi connectivity index (χ4n) is 1.90. The summed E-state index contributed by atoms with van der Waals surface area (Å²) in [6.45, 7) is 0.255. The van der Waals surface area contributed by atoms with E-state index in [4.69, 9.17) is 40.5 Å². The molecule has 2 rings (SSSR count). The van der Waals surface area contributed by atoms with Crippen molar-refractivity contribution in [3.8, 4) is 5.75 Å². The van der Waals surface area contributed by atoms with E-state index in [0.29, 0.717) is 21.2 Å². The number of rotatable bonds is 5. The highest BCUT2D eigenvalue weighted by Crippen LogP contribution is 2.36. The van der Waals surface area contributed by atoms with Gasteiger partial charge >= 0.3 is 5.97 Å². The number of aliphatic carboxylic acids is 1. The Morgan fingerprint density at radius 1 is 1.35 bits per heavy atom. The molecular weight excluding hydrogens is 381 g/mol. The van der Waals surface area contributed by atoms with E-state index in [1.165, 1.54) is 17.0 Å². The average Bonchev–Trinajstić information content (AvgIpc) is 2.71. The molecule has 1 heterocycles. The zero-order valence-corrected chi connectivity index (χ0v) is 14.7. The molecule has 0 aliphatic carbocycles. The van der Waals surface area contributed by atoms with Crippen molar-refractivity contribution in [2.75, 3.05) is 6.54 Å². The fraction of sp³-hybridized carbons (Fsp3) is 0.214. The fourth-order valence-corrected chi connectivity index (χ4v) is 3.71. The van der Waals surface area contributed by atoms with Crippen LogP contribution in [0.25, 0.3) is 6.08 Å². The number of carboxylic acids is 1. The molecule has 0 bridgehead atoms. The van der Waals surface area contributed by atoms with Gasteiger partial charge in [-0.25, -0.2) is 0 Å². The lowest BCUT2D eigenvalue weighted by atomic mass is 10.2. The number of carbonyl (C=O) groups is 2. The molecule has 1 aliphatic heterocycles. The third-order valence-corrected chi connectivity index (χ3v) is 4.94. The van der Waals surface area contributed by atoms with Crippen LogP contribution in [0.2, 0.25) is 10.0 Å². The number of thioether (sulfide) groups is 1. The lowest BCUT2D eigenvalue weighted by Crippen LogP contribution is -2.29. The summed E-state index contributed by atoms with van der Waals surface area (Å²) in [4.78, 5) is 24.6. The molecule has 5 nitrogen and oxygen atoms in total. The standard InChI is InChI=1S/C14H11Cl2NO4S2/c15-8-4-7(5-9(16)12(8)20)6-10-13(21)17(14(22)23-10)3-1-2-11(18)19/h4-6,20H,1-3H2,(H,18,19). The van der Waals surface area contributed by atoms with Crippen LogP contribution < -0.4 is 0 Å². The number of thiocarbonyl (C=S) groups is 1. The highest BCUT2D eigenvalue weighted by Gasteiger charge is 2.31. The van der Waals surface area contributed by atoms with Gasteiger partial charge in [-0.2, -0.15) is 0 Å². The van der Waals surface area contributed by atoms with Crippen molar-refractivity contribution in [2.24, 2.45) is 0 Å². The maximum absolute atomic E-state index is 12.3. The summed E-state index contributed by atoms with van der Waals surface area (Å²) in [5.74, 6) is -1.42. The summed E-state index contributed by atoms with van der Waals surface area (Å²) < 4.78 is 0.377. The number of phenols is 1. The van der Waals surface area contributed by atoms with Crippen molar-refractivity contribution >= 4 is 69.5 Å². The molecule has 9 heteroatoms. The van der Waals surface area contributed by atoms with Gasteiger partial charge in [0.2, 0.25) is 0 Å².